The Morgan fingerprint density at radius 1 is 1.32 bits per heavy atom. The molecule has 9 heteroatoms. The second-order valence-corrected chi connectivity index (χ2v) is 8.40. The number of ether oxygens (including phenoxy) is 1. The maximum Gasteiger partial charge on any atom is 0.319 e. The lowest BCUT2D eigenvalue weighted by Gasteiger charge is -2.18. The van der Waals surface area contributed by atoms with E-state index in [1.54, 1.807) is 19.1 Å². The number of primary amides is 1. The average Bonchev–Trinajstić information content (AvgIpc) is 2.95. The predicted molar refractivity (Wildman–Crippen MR) is 107 cm³/mol. The highest BCUT2D eigenvalue weighted by Crippen LogP contribution is 2.31. The maximum absolute atomic E-state index is 13.9. The lowest BCUT2D eigenvalue weighted by molar-refractivity contribution is 0.0996. The molecular formula is C19H25FN4O3S. The fourth-order valence-electron chi connectivity index (χ4n) is 2.29. The third-order valence-corrected chi connectivity index (χ3v) is 4.61. The van der Waals surface area contributed by atoms with E-state index in [9.17, 15) is 14.0 Å². The van der Waals surface area contributed by atoms with Gasteiger partial charge in [-0.25, -0.2) is 9.18 Å². The number of carbonyl (C=O) groups is 2. The third kappa shape index (κ3) is 6.19. The van der Waals surface area contributed by atoms with Crippen molar-refractivity contribution in [2.75, 3.05) is 11.9 Å². The van der Waals surface area contributed by atoms with E-state index in [-0.39, 0.29) is 28.5 Å². The first-order valence-electron chi connectivity index (χ1n) is 8.79. The number of carbonyl (C=O) groups excluding carboxylic acids is 2. The molecular weight excluding hydrogens is 383 g/mol. The molecule has 0 bridgehead atoms. The second kappa shape index (κ2) is 9.01. The van der Waals surface area contributed by atoms with Crippen LogP contribution in [-0.4, -0.2) is 22.9 Å². The normalized spacial score (nSPS) is 11.2. The molecule has 1 aromatic carbocycles. The number of aromatic nitrogens is 1. The molecule has 2 rings (SSSR count). The Balaban J connectivity index is 2.04. The second-order valence-electron chi connectivity index (χ2n) is 7.63. The molecule has 0 fully saturated rings. The van der Waals surface area contributed by atoms with Crippen LogP contribution in [0.4, 0.5) is 14.2 Å². The molecule has 1 aromatic heterocycles. The molecule has 28 heavy (non-hydrogen) atoms. The minimum atomic E-state index is -0.793. The number of hydrogen-bond acceptors (Lipinski definition) is 5. The number of aryl methyl sites for hydroxylation is 1. The molecule has 0 spiro atoms. The van der Waals surface area contributed by atoms with Crippen LogP contribution in [0.25, 0.3) is 0 Å². The zero-order valence-corrected chi connectivity index (χ0v) is 17.2. The number of benzene rings is 1. The van der Waals surface area contributed by atoms with Crippen LogP contribution in [0.1, 0.15) is 48.7 Å². The first-order chi connectivity index (χ1) is 13.1. The maximum atomic E-state index is 13.9. The summed E-state index contributed by atoms with van der Waals surface area (Å²) in [4.78, 5) is 23.9. The van der Waals surface area contributed by atoms with Crippen LogP contribution in [0.5, 0.6) is 5.88 Å². The standard InChI is InChI=1S/C19H25FN4O3S/c1-11-5-6-12(13(20)9-11)10-27-16-14(15(21)25)17(28-24-16)23-18(26)22-8-7-19(2,3)4/h5-6,9H,7-8,10H2,1-4H3,(H2,21,25)(H2,22,23,26). The van der Waals surface area contributed by atoms with Crippen molar-refractivity contribution in [2.24, 2.45) is 11.1 Å². The molecule has 0 saturated carbocycles. The van der Waals surface area contributed by atoms with Crippen LogP contribution in [0.3, 0.4) is 0 Å². The van der Waals surface area contributed by atoms with Gasteiger partial charge in [0.05, 0.1) is 0 Å². The zero-order valence-electron chi connectivity index (χ0n) is 16.4. The Bertz CT molecular complexity index is 861. The summed E-state index contributed by atoms with van der Waals surface area (Å²) in [7, 11) is 0. The number of rotatable bonds is 7. The minimum Gasteiger partial charge on any atom is -0.471 e. The number of halogens is 1. The fourth-order valence-corrected chi connectivity index (χ4v) is 3.03. The Kier molecular flexibility index (Phi) is 6.95. The molecule has 3 amide bonds. The highest BCUT2D eigenvalue weighted by molar-refractivity contribution is 7.11. The van der Waals surface area contributed by atoms with Crippen molar-refractivity contribution in [3.63, 3.8) is 0 Å². The largest absolute Gasteiger partial charge is 0.471 e. The zero-order chi connectivity index (χ0) is 20.9. The van der Waals surface area contributed by atoms with E-state index in [0.717, 1.165) is 23.5 Å². The van der Waals surface area contributed by atoms with Gasteiger partial charge in [0.25, 0.3) is 5.91 Å². The Labute approximate surface area is 167 Å². The van der Waals surface area contributed by atoms with Crippen LogP contribution in [0, 0.1) is 18.2 Å². The van der Waals surface area contributed by atoms with Crippen LogP contribution < -0.4 is 21.1 Å². The van der Waals surface area contributed by atoms with Crippen molar-refractivity contribution in [1.29, 1.82) is 0 Å². The monoisotopic (exact) mass is 408 g/mol. The summed E-state index contributed by atoms with van der Waals surface area (Å²) in [5.41, 5.74) is 6.57. The van der Waals surface area contributed by atoms with Gasteiger partial charge in [0, 0.05) is 12.1 Å². The highest BCUT2D eigenvalue weighted by atomic mass is 32.1. The van der Waals surface area contributed by atoms with Crippen LogP contribution in [-0.2, 0) is 6.61 Å². The van der Waals surface area contributed by atoms with Gasteiger partial charge in [-0.3, -0.25) is 10.1 Å². The fraction of sp³-hybridized carbons (Fsp3) is 0.421. The number of urea groups is 1. The summed E-state index contributed by atoms with van der Waals surface area (Å²) in [5, 5.41) is 5.47. The summed E-state index contributed by atoms with van der Waals surface area (Å²) in [6, 6.07) is 4.28. The van der Waals surface area contributed by atoms with E-state index < -0.39 is 17.8 Å². The van der Waals surface area contributed by atoms with Gasteiger partial charge >= 0.3 is 6.03 Å². The van der Waals surface area contributed by atoms with Crippen molar-refractivity contribution in [2.45, 2.75) is 40.7 Å². The minimum absolute atomic E-state index is 0.0384. The van der Waals surface area contributed by atoms with E-state index in [1.807, 2.05) is 0 Å². The molecule has 0 aliphatic rings. The van der Waals surface area contributed by atoms with E-state index in [1.165, 1.54) is 6.07 Å². The number of nitrogens with two attached hydrogens (primary N) is 1. The third-order valence-electron chi connectivity index (χ3n) is 3.87. The van der Waals surface area contributed by atoms with Crippen molar-refractivity contribution < 1.29 is 18.7 Å². The number of hydrogen-bond donors (Lipinski definition) is 3. The predicted octanol–water partition coefficient (Wildman–Crippen LogP) is 3.83. The average molecular weight is 408 g/mol. The smallest absolute Gasteiger partial charge is 0.319 e. The van der Waals surface area contributed by atoms with Crippen molar-refractivity contribution in [1.82, 2.24) is 9.69 Å². The number of nitrogens with zero attached hydrogens (tertiary/aromatic N) is 1. The Morgan fingerprint density at radius 3 is 2.64 bits per heavy atom. The molecule has 2 aromatic rings. The van der Waals surface area contributed by atoms with E-state index in [4.69, 9.17) is 10.5 Å². The molecule has 0 radical (unpaired) electrons. The van der Waals surface area contributed by atoms with Gasteiger partial charge in [-0.15, -0.1) is 0 Å². The van der Waals surface area contributed by atoms with Crippen molar-refractivity contribution >= 4 is 28.5 Å². The van der Waals surface area contributed by atoms with Crippen LogP contribution in [0.15, 0.2) is 18.2 Å². The molecule has 152 valence electrons. The molecule has 0 saturated heterocycles. The number of amides is 3. The molecule has 0 atom stereocenters. The summed E-state index contributed by atoms with van der Waals surface area (Å²) in [6.07, 6.45) is 0.794. The van der Waals surface area contributed by atoms with Gasteiger partial charge < -0.3 is 15.8 Å². The topological polar surface area (TPSA) is 106 Å². The molecule has 4 N–H and O–H groups in total. The van der Waals surface area contributed by atoms with Gasteiger partial charge in [-0.1, -0.05) is 32.9 Å². The number of nitrogens with one attached hydrogen (secondary N) is 2. The first kappa shape index (κ1) is 21.6. The Morgan fingerprint density at radius 2 is 2.04 bits per heavy atom. The molecule has 0 unspecified atom stereocenters. The van der Waals surface area contributed by atoms with Crippen LogP contribution in [0.2, 0.25) is 0 Å². The van der Waals surface area contributed by atoms with Gasteiger partial charge in [0.2, 0.25) is 5.88 Å². The lowest BCUT2D eigenvalue weighted by Crippen LogP contribution is -2.31. The molecule has 7 nitrogen and oxygen atoms in total. The van der Waals surface area contributed by atoms with Gasteiger partial charge in [-0.05, 0) is 41.9 Å². The lowest BCUT2D eigenvalue weighted by atomic mass is 9.92. The van der Waals surface area contributed by atoms with Gasteiger partial charge in [0.1, 0.15) is 23.0 Å². The number of anilines is 1. The summed E-state index contributed by atoms with van der Waals surface area (Å²) < 4.78 is 23.4. The Hall–Kier alpha value is -2.68. The summed E-state index contributed by atoms with van der Waals surface area (Å²) in [6.45, 7) is 8.36. The van der Waals surface area contributed by atoms with Crippen molar-refractivity contribution in [3.05, 3.63) is 40.7 Å². The quantitative estimate of drug-likeness (QED) is 0.647. The van der Waals surface area contributed by atoms with E-state index >= 15 is 0 Å². The molecule has 0 aliphatic carbocycles. The van der Waals surface area contributed by atoms with Crippen molar-refractivity contribution in [3.8, 4) is 5.88 Å². The van der Waals surface area contributed by atoms with Gasteiger partial charge in [-0.2, -0.15) is 4.37 Å². The van der Waals surface area contributed by atoms with Gasteiger partial charge in [0.15, 0.2) is 0 Å². The molecule has 0 aliphatic heterocycles. The molecule has 1 heterocycles. The highest BCUT2D eigenvalue weighted by Gasteiger charge is 2.22. The first-order valence-corrected chi connectivity index (χ1v) is 9.56. The SMILES string of the molecule is Cc1ccc(COc2nsc(NC(=O)NCCC(C)(C)C)c2C(N)=O)c(F)c1. The van der Waals surface area contributed by atoms with Crippen LogP contribution >= 0.6 is 11.5 Å². The summed E-state index contributed by atoms with van der Waals surface area (Å²) in [5.74, 6) is -1.24. The van der Waals surface area contributed by atoms with E-state index in [2.05, 4.69) is 35.8 Å². The van der Waals surface area contributed by atoms with E-state index in [0.29, 0.717) is 12.1 Å². The summed E-state index contributed by atoms with van der Waals surface area (Å²) >= 11 is 0.872.